The number of anilines is 2. The molecule has 0 spiro atoms. The Labute approximate surface area is 99.0 Å². The van der Waals surface area contributed by atoms with Gasteiger partial charge in [-0.25, -0.2) is 0 Å². The van der Waals surface area contributed by atoms with E-state index >= 15 is 0 Å². The highest BCUT2D eigenvalue weighted by Crippen LogP contribution is 2.08. The number of nitrogen functional groups attached to an aromatic ring is 1. The van der Waals surface area contributed by atoms with Crippen molar-refractivity contribution in [2.24, 2.45) is 0 Å². The van der Waals surface area contributed by atoms with Crippen LogP contribution in [0.15, 0.2) is 0 Å². The maximum Gasteiger partial charge on any atom is 0.323 e. The van der Waals surface area contributed by atoms with Gasteiger partial charge >= 0.3 is 6.01 Å². The summed E-state index contributed by atoms with van der Waals surface area (Å²) < 4.78 is 5.11. The van der Waals surface area contributed by atoms with E-state index in [9.17, 15) is 4.79 Å². The zero-order valence-corrected chi connectivity index (χ0v) is 9.86. The second-order valence-corrected chi connectivity index (χ2v) is 3.08. The van der Waals surface area contributed by atoms with Crippen molar-refractivity contribution >= 4 is 17.8 Å². The van der Waals surface area contributed by atoms with Gasteiger partial charge in [-0.3, -0.25) is 4.79 Å². The van der Waals surface area contributed by atoms with E-state index in [2.05, 4.69) is 25.6 Å². The molecule has 1 heterocycles. The third-order valence-electron chi connectivity index (χ3n) is 1.82. The molecule has 0 bridgehead atoms. The number of rotatable bonds is 6. The van der Waals surface area contributed by atoms with E-state index in [0.717, 1.165) is 0 Å². The van der Waals surface area contributed by atoms with Crippen molar-refractivity contribution in [1.29, 1.82) is 0 Å². The minimum Gasteiger partial charge on any atom is -0.464 e. The van der Waals surface area contributed by atoms with Crippen molar-refractivity contribution < 1.29 is 9.53 Å². The number of hydrogen-bond donors (Lipinski definition) is 3. The SMILES string of the molecule is CCOc1nc(N)nc(NCCC(=O)NC)n1. The summed E-state index contributed by atoms with van der Waals surface area (Å²) >= 11 is 0. The smallest absolute Gasteiger partial charge is 0.323 e. The summed E-state index contributed by atoms with van der Waals surface area (Å²) in [4.78, 5) is 22.6. The predicted octanol–water partition coefficient (Wildman–Crippen LogP) is -0.599. The molecule has 0 aliphatic carbocycles. The average molecular weight is 240 g/mol. The van der Waals surface area contributed by atoms with E-state index in [1.807, 2.05) is 6.92 Å². The topological polar surface area (TPSA) is 115 Å². The fraction of sp³-hybridized carbons (Fsp3) is 0.556. The molecule has 0 radical (unpaired) electrons. The van der Waals surface area contributed by atoms with Crippen molar-refractivity contribution in [3.8, 4) is 6.01 Å². The molecule has 1 rings (SSSR count). The van der Waals surface area contributed by atoms with Crippen LogP contribution in [0, 0.1) is 0 Å². The van der Waals surface area contributed by atoms with Gasteiger partial charge in [0.15, 0.2) is 0 Å². The monoisotopic (exact) mass is 240 g/mol. The second-order valence-electron chi connectivity index (χ2n) is 3.08. The lowest BCUT2D eigenvalue weighted by Crippen LogP contribution is -2.21. The largest absolute Gasteiger partial charge is 0.464 e. The number of amides is 1. The molecule has 8 heteroatoms. The van der Waals surface area contributed by atoms with Gasteiger partial charge in [-0.15, -0.1) is 0 Å². The van der Waals surface area contributed by atoms with Gasteiger partial charge in [0, 0.05) is 20.0 Å². The summed E-state index contributed by atoms with van der Waals surface area (Å²) in [5.74, 6) is 0.306. The minimum absolute atomic E-state index is 0.0652. The standard InChI is InChI=1S/C9H16N6O2/c1-3-17-9-14-7(10)13-8(15-9)12-5-4-6(16)11-2/h3-5H2,1-2H3,(H,11,16)(H3,10,12,13,14,15). The van der Waals surface area contributed by atoms with Crippen molar-refractivity contribution in [3.05, 3.63) is 0 Å². The summed E-state index contributed by atoms with van der Waals surface area (Å²) in [5, 5.41) is 5.38. The van der Waals surface area contributed by atoms with Gasteiger partial charge in [-0.2, -0.15) is 15.0 Å². The number of nitrogens with one attached hydrogen (secondary N) is 2. The number of ether oxygens (including phenoxy) is 1. The van der Waals surface area contributed by atoms with Gasteiger partial charge in [0.05, 0.1) is 6.61 Å². The number of nitrogens with zero attached hydrogens (tertiary/aromatic N) is 3. The van der Waals surface area contributed by atoms with Crippen LogP contribution in [0.3, 0.4) is 0 Å². The predicted molar refractivity (Wildman–Crippen MR) is 62.6 cm³/mol. The third kappa shape index (κ3) is 4.49. The molecular formula is C9H16N6O2. The maximum atomic E-state index is 11.0. The highest BCUT2D eigenvalue weighted by atomic mass is 16.5. The van der Waals surface area contributed by atoms with Gasteiger partial charge in [0.2, 0.25) is 17.8 Å². The first kappa shape index (κ1) is 12.9. The van der Waals surface area contributed by atoms with Crippen LogP contribution < -0.4 is 21.1 Å². The summed E-state index contributed by atoms with van der Waals surface area (Å²) in [7, 11) is 1.58. The Bertz CT molecular complexity index is 384. The molecule has 0 unspecified atom stereocenters. The van der Waals surface area contributed by atoms with Gasteiger partial charge in [0.25, 0.3) is 0 Å². The molecule has 17 heavy (non-hydrogen) atoms. The molecule has 0 aliphatic rings. The Hall–Kier alpha value is -2.12. The van der Waals surface area contributed by atoms with Crippen LogP contribution in [0.5, 0.6) is 6.01 Å². The third-order valence-corrected chi connectivity index (χ3v) is 1.82. The van der Waals surface area contributed by atoms with Gasteiger partial charge in [-0.1, -0.05) is 0 Å². The molecule has 1 aromatic rings. The van der Waals surface area contributed by atoms with E-state index in [1.165, 1.54) is 0 Å². The number of nitrogens with two attached hydrogens (primary N) is 1. The van der Waals surface area contributed by atoms with Gasteiger partial charge in [0.1, 0.15) is 0 Å². The van der Waals surface area contributed by atoms with E-state index in [-0.39, 0.29) is 17.9 Å². The number of aromatic nitrogens is 3. The average Bonchev–Trinajstić information content (AvgIpc) is 2.28. The molecule has 0 fully saturated rings. The number of carbonyl (C=O) groups excluding carboxylic acids is 1. The Morgan fingerprint density at radius 2 is 2.18 bits per heavy atom. The summed E-state index contributed by atoms with van der Waals surface area (Å²) in [5.41, 5.74) is 5.49. The molecule has 1 amide bonds. The zero-order valence-electron chi connectivity index (χ0n) is 9.86. The number of hydrogen-bond acceptors (Lipinski definition) is 7. The minimum atomic E-state index is -0.0652. The normalized spacial score (nSPS) is 9.76. The fourth-order valence-electron chi connectivity index (χ4n) is 1.06. The van der Waals surface area contributed by atoms with E-state index < -0.39 is 0 Å². The van der Waals surface area contributed by atoms with Crippen molar-refractivity contribution in [1.82, 2.24) is 20.3 Å². The lowest BCUT2D eigenvalue weighted by atomic mass is 10.4. The van der Waals surface area contributed by atoms with E-state index in [1.54, 1.807) is 7.05 Å². The fourth-order valence-corrected chi connectivity index (χ4v) is 1.06. The Morgan fingerprint density at radius 1 is 1.41 bits per heavy atom. The molecule has 4 N–H and O–H groups in total. The Kier molecular flexibility index (Phi) is 4.92. The van der Waals surface area contributed by atoms with Crippen LogP contribution >= 0.6 is 0 Å². The Morgan fingerprint density at radius 3 is 2.82 bits per heavy atom. The first-order valence-corrected chi connectivity index (χ1v) is 5.24. The molecule has 8 nitrogen and oxygen atoms in total. The van der Waals surface area contributed by atoms with Crippen molar-refractivity contribution in [3.63, 3.8) is 0 Å². The quantitative estimate of drug-likeness (QED) is 0.608. The lowest BCUT2D eigenvalue weighted by molar-refractivity contribution is -0.120. The molecule has 0 saturated carbocycles. The lowest BCUT2D eigenvalue weighted by Gasteiger charge is -2.06. The summed E-state index contributed by atoms with van der Waals surface area (Å²) in [6.07, 6.45) is 0.325. The van der Waals surface area contributed by atoms with Crippen LogP contribution in [0.1, 0.15) is 13.3 Å². The number of carbonyl (C=O) groups is 1. The maximum absolute atomic E-state index is 11.0. The Balaban J connectivity index is 2.55. The molecule has 0 atom stereocenters. The van der Waals surface area contributed by atoms with Crippen molar-refractivity contribution in [2.45, 2.75) is 13.3 Å². The first-order chi connectivity index (χ1) is 8.15. The van der Waals surface area contributed by atoms with Crippen LogP contribution in [0.25, 0.3) is 0 Å². The van der Waals surface area contributed by atoms with Gasteiger partial charge in [-0.05, 0) is 6.92 Å². The summed E-state index contributed by atoms with van der Waals surface area (Å²) in [6, 6.07) is 0.169. The first-order valence-electron chi connectivity index (χ1n) is 5.24. The van der Waals surface area contributed by atoms with Crippen LogP contribution in [-0.2, 0) is 4.79 Å². The van der Waals surface area contributed by atoms with E-state index in [0.29, 0.717) is 25.5 Å². The molecule has 94 valence electrons. The summed E-state index contributed by atoms with van der Waals surface area (Å²) in [6.45, 7) is 2.68. The van der Waals surface area contributed by atoms with Crippen molar-refractivity contribution in [2.75, 3.05) is 31.2 Å². The van der Waals surface area contributed by atoms with Crippen LogP contribution in [-0.4, -0.2) is 41.1 Å². The molecule has 0 aliphatic heterocycles. The van der Waals surface area contributed by atoms with Crippen LogP contribution in [0.4, 0.5) is 11.9 Å². The molecule has 0 aromatic carbocycles. The highest BCUT2D eigenvalue weighted by Gasteiger charge is 2.05. The van der Waals surface area contributed by atoms with E-state index in [4.69, 9.17) is 10.5 Å². The second kappa shape index (κ2) is 6.46. The highest BCUT2D eigenvalue weighted by molar-refractivity contribution is 5.75. The molecular weight excluding hydrogens is 224 g/mol. The molecule has 1 aromatic heterocycles. The van der Waals surface area contributed by atoms with Gasteiger partial charge < -0.3 is 21.1 Å². The van der Waals surface area contributed by atoms with Crippen LogP contribution in [0.2, 0.25) is 0 Å². The zero-order chi connectivity index (χ0) is 12.7. The molecule has 0 saturated heterocycles.